The SMILES string of the molecule is O=C1CNc2ncc(-c3cccnc3)cc2N1Cc1c(Cl)cccc1Cl. The average molecular weight is 385 g/mol. The Kier molecular flexibility index (Phi) is 4.49. The summed E-state index contributed by atoms with van der Waals surface area (Å²) >= 11 is 12.6. The van der Waals surface area contributed by atoms with E-state index in [0.717, 1.165) is 11.1 Å². The van der Waals surface area contributed by atoms with Crippen molar-refractivity contribution in [3.63, 3.8) is 0 Å². The molecular formula is C19H14Cl2N4O. The van der Waals surface area contributed by atoms with Crippen LogP contribution in [-0.2, 0) is 11.3 Å². The zero-order valence-electron chi connectivity index (χ0n) is 13.6. The molecule has 0 aliphatic carbocycles. The van der Waals surface area contributed by atoms with Gasteiger partial charge in [0.05, 0.1) is 18.8 Å². The maximum atomic E-state index is 12.6. The quantitative estimate of drug-likeness (QED) is 0.726. The largest absolute Gasteiger partial charge is 0.359 e. The standard InChI is InChI=1S/C19H14Cl2N4O/c20-15-4-1-5-16(21)14(15)11-25-17-7-13(12-3-2-6-22-8-12)9-23-19(17)24-10-18(25)26/h1-9H,10-11H2,(H,23,24). The fraction of sp³-hybridized carbons (Fsp3) is 0.105. The van der Waals surface area contributed by atoms with E-state index in [1.807, 2.05) is 18.2 Å². The fourth-order valence-electron chi connectivity index (χ4n) is 2.89. The van der Waals surface area contributed by atoms with Gasteiger partial charge in [0.2, 0.25) is 5.91 Å². The van der Waals surface area contributed by atoms with Crippen molar-refractivity contribution in [1.82, 2.24) is 9.97 Å². The Balaban J connectivity index is 1.77. The summed E-state index contributed by atoms with van der Waals surface area (Å²) in [6.07, 6.45) is 5.24. The molecule has 0 spiro atoms. The number of fused-ring (bicyclic) bond motifs is 1. The summed E-state index contributed by atoms with van der Waals surface area (Å²) < 4.78 is 0. The lowest BCUT2D eigenvalue weighted by Gasteiger charge is -2.30. The van der Waals surface area contributed by atoms with Crippen LogP contribution < -0.4 is 10.2 Å². The number of amides is 1. The van der Waals surface area contributed by atoms with E-state index in [2.05, 4.69) is 15.3 Å². The van der Waals surface area contributed by atoms with Crippen molar-refractivity contribution in [2.75, 3.05) is 16.8 Å². The Morgan fingerprint density at radius 1 is 1.08 bits per heavy atom. The number of nitrogens with one attached hydrogen (secondary N) is 1. The first kappa shape index (κ1) is 16.8. The molecule has 130 valence electrons. The highest BCUT2D eigenvalue weighted by Gasteiger charge is 2.26. The van der Waals surface area contributed by atoms with E-state index in [4.69, 9.17) is 23.2 Å². The van der Waals surface area contributed by atoms with E-state index in [1.165, 1.54) is 0 Å². The van der Waals surface area contributed by atoms with Gasteiger partial charge in [0.1, 0.15) is 0 Å². The Bertz CT molecular complexity index is 958. The van der Waals surface area contributed by atoms with Crippen LogP contribution in [0.3, 0.4) is 0 Å². The summed E-state index contributed by atoms with van der Waals surface area (Å²) in [6, 6.07) is 11.0. The van der Waals surface area contributed by atoms with Crippen LogP contribution in [0.5, 0.6) is 0 Å². The Morgan fingerprint density at radius 2 is 1.88 bits per heavy atom. The predicted octanol–water partition coefficient (Wildman–Crippen LogP) is 4.41. The van der Waals surface area contributed by atoms with Gasteiger partial charge in [0.25, 0.3) is 0 Å². The van der Waals surface area contributed by atoms with Crippen LogP contribution in [-0.4, -0.2) is 22.4 Å². The second-order valence-corrected chi connectivity index (χ2v) is 6.68. The molecule has 0 radical (unpaired) electrons. The number of benzene rings is 1. The molecule has 7 heteroatoms. The molecule has 1 N–H and O–H groups in total. The fourth-order valence-corrected chi connectivity index (χ4v) is 3.41. The van der Waals surface area contributed by atoms with Crippen LogP contribution >= 0.6 is 23.2 Å². The molecule has 1 aliphatic heterocycles. The molecule has 1 aliphatic rings. The second-order valence-electron chi connectivity index (χ2n) is 5.87. The zero-order chi connectivity index (χ0) is 18.1. The molecule has 26 heavy (non-hydrogen) atoms. The van der Waals surface area contributed by atoms with Crippen molar-refractivity contribution < 1.29 is 4.79 Å². The monoisotopic (exact) mass is 384 g/mol. The van der Waals surface area contributed by atoms with Crippen LogP contribution in [0.1, 0.15) is 5.56 Å². The first-order chi connectivity index (χ1) is 12.6. The van der Waals surface area contributed by atoms with Crippen LogP contribution in [0.4, 0.5) is 11.5 Å². The van der Waals surface area contributed by atoms with Gasteiger partial charge in [0, 0.05) is 45.3 Å². The van der Waals surface area contributed by atoms with E-state index in [9.17, 15) is 4.79 Å². The van der Waals surface area contributed by atoms with E-state index in [0.29, 0.717) is 27.1 Å². The second kappa shape index (κ2) is 6.94. The molecule has 3 aromatic rings. The van der Waals surface area contributed by atoms with E-state index in [1.54, 1.807) is 41.7 Å². The third-order valence-electron chi connectivity index (χ3n) is 4.24. The molecule has 1 aromatic carbocycles. The number of anilines is 2. The number of hydrogen-bond acceptors (Lipinski definition) is 4. The smallest absolute Gasteiger partial charge is 0.246 e. The highest BCUT2D eigenvalue weighted by Crippen LogP contribution is 2.35. The number of carbonyl (C=O) groups is 1. The van der Waals surface area contributed by atoms with Crippen molar-refractivity contribution in [3.8, 4) is 11.1 Å². The van der Waals surface area contributed by atoms with Crippen molar-refractivity contribution in [3.05, 3.63) is 70.6 Å². The Labute approximate surface area is 160 Å². The number of halogens is 2. The number of hydrogen-bond donors (Lipinski definition) is 1. The molecule has 0 saturated heterocycles. The van der Waals surface area contributed by atoms with Gasteiger partial charge in [-0.05, 0) is 24.3 Å². The Morgan fingerprint density at radius 3 is 2.62 bits per heavy atom. The molecular weight excluding hydrogens is 371 g/mol. The van der Waals surface area contributed by atoms with Crippen molar-refractivity contribution in [2.24, 2.45) is 0 Å². The number of carbonyl (C=O) groups excluding carboxylic acids is 1. The minimum atomic E-state index is -0.0707. The van der Waals surface area contributed by atoms with Gasteiger partial charge in [-0.15, -0.1) is 0 Å². The van der Waals surface area contributed by atoms with E-state index in [-0.39, 0.29) is 19.0 Å². The van der Waals surface area contributed by atoms with Gasteiger partial charge in [0.15, 0.2) is 5.82 Å². The summed E-state index contributed by atoms with van der Waals surface area (Å²) in [5, 5.41) is 4.11. The molecule has 3 heterocycles. The number of rotatable bonds is 3. The van der Waals surface area contributed by atoms with Crippen LogP contribution in [0, 0.1) is 0 Å². The summed E-state index contributed by atoms with van der Waals surface area (Å²) in [7, 11) is 0. The van der Waals surface area contributed by atoms with Crippen LogP contribution in [0.15, 0.2) is 55.0 Å². The lowest BCUT2D eigenvalue weighted by atomic mass is 10.1. The third kappa shape index (κ3) is 3.11. The number of pyridine rings is 2. The first-order valence-electron chi connectivity index (χ1n) is 8.01. The Hall–Kier alpha value is -2.63. The lowest BCUT2D eigenvalue weighted by molar-refractivity contribution is -0.117. The highest BCUT2D eigenvalue weighted by molar-refractivity contribution is 6.36. The summed E-state index contributed by atoms with van der Waals surface area (Å²) in [4.78, 5) is 22.8. The molecule has 0 saturated carbocycles. The summed E-state index contributed by atoms with van der Waals surface area (Å²) in [5.41, 5.74) is 3.21. The number of nitrogens with zero attached hydrogens (tertiary/aromatic N) is 3. The van der Waals surface area contributed by atoms with Crippen molar-refractivity contribution in [2.45, 2.75) is 6.54 Å². The molecule has 0 unspecified atom stereocenters. The molecule has 5 nitrogen and oxygen atoms in total. The van der Waals surface area contributed by atoms with Gasteiger partial charge < -0.3 is 10.2 Å². The maximum absolute atomic E-state index is 12.6. The predicted molar refractivity (Wildman–Crippen MR) is 104 cm³/mol. The van der Waals surface area contributed by atoms with E-state index < -0.39 is 0 Å². The van der Waals surface area contributed by atoms with Crippen molar-refractivity contribution in [1.29, 1.82) is 0 Å². The minimum Gasteiger partial charge on any atom is -0.359 e. The summed E-state index contributed by atoms with van der Waals surface area (Å²) in [6.45, 7) is 0.457. The van der Waals surface area contributed by atoms with Gasteiger partial charge in [-0.2, -0.15) is 0 Å². The van der Waals surface area contributed by atoms with Crippen LogP contribution in [0.25, 0.3) is 11.1 Å². The average Bonchev–Trinajstić information content (AvgIpc) is 2.66. The third-order valence-corrected chi connectivity index (χ3v) is 4.95. The van der Waals surface area contributed by atoms with Crippen LogP contribution in [0.2, 0.25) is 10.0 Å². The van der Waals surface area contributed by atoms with Gasteiger partial charge in [-0.3, -0.25) is 9.78 Å². The summed E-state index contributed by atoms with van der Waals surface area (Å²) in [5.74, 6) is 0.582. The highest BCUT2D eigenvalue weighted by atomic mass is 35.5. The minimum absolute atomic E-state index is 0.0707. The van der Waals surface area contributed by atoms with E-state index >= 15 is 0 Å². The zero-order valence-corrected chi connectivity index (χ0v) is 15.1. The normalized spacial score (nSPS) is 13.3. The molecule has 0 atom stereocenters. The van der Waals surface area contributed by atoms with Gasteiger partial charge >= 0.3 is 0 Å². The maximum Gasteiger partial charge on any atom is 0.246 e. The molecule has 1 amide bonds. The molecule has 0 fully saturated rings. The topological polar surface area (TPSA) is 58.1 Å². The van der Waals surface area contributed by atoms with Crippen molar-refractivity contribution >= 4 is 40.6 Å². The molecule has 2 aromatic heterocycles. The first-order valence-corrected chi connectivity index (χ1v) is 8.76. The molecule has 4 rings (SSSR count). The number of aromatic nitrogens is 2. The van der Waals surface area contributed by atoms with Gasteiger partial charge in [-0.25, -0.2) is 4.98 Å². The van der Waals surface area contributed by atoms with Gasteiger partial charge in [-0.1, -0.05) is 35.3 Å². The lowest BCUT2D eigenvalue weighted by Crippen LogP contribution is -2.39. The molecule has 0 bridgehead atoms.